The molecule has 1 aromatic carbocycles. The number of aromatic hydroxyl groups is 1. The monoisotopic (exact) mass is 279 g/mol. The average molecular weight is 279 g/mol. The molecule has 0 saturated carbocycles. The Morgan fingerprint density at radius 3 is 2.95 bits per heavy atom. The lowest BCUT2D eigenvalue weighted by Gasteiger charge is -2.10. The van der Waals surface area contributed by atoms with Crippen LogP contribution in [-0.2, 0) is 0 Å². The molecular formula is C16H13N3O2. The Hall–Kier alpha value is -3.13. The number of phenolic OH excluding ortho intramolecular Hbond substituents is 1. The van der Waals surface area contributed by atoms with Crippen molar-refractivity contribution in [2.45, 2.75) is 6.42 Å². The minimum Gasteiger partial charge on any atom is -0.506 e. The van der Waals surface area contributed by atoms with Crippen molar-refractivity contribution in [3.05, 3.63) is 65.3 Å². The molecule has 5 nitrogen and oxygen atoms in total. The number of nitriles is 1. The highest BCUT2D eigenvalue weighted by Crippen LogP contribution is 2.30. The lowest BCUT2D eigenvalue weighted by molar-refractivity contribution is 0.480. The van der Waals surface area contributed by atoms with Gasteiger partial charge in [0.1, 0.15) is 11.3 Å². The Bertz CT molecular complexity index is 854. The van der Waals surface area contributed by atoms with Crippen LogP contribution in [0.1, 0.15) is 12.0 Å². The van der Waals surface area contributed by atoms with E-state index in [1.54, 1.807) is 18.2 Å². The number of aromatic amines is 1. The third-order valence-electron chi connectivity index (χ3n) is 2.99. The molecule has 0 saturated heterocycles. The fourth-order valence-electron chi connectivity index (χ4n) is 2.04. The minimum atomic E-state index is -0.346. The van der Waals surface area contributed by atoms with Crippen LogP contribution in [0, 0.1) is 11.3 Å². The predicted molar refractivity (Wildman–Crippen MR) is 81.6 cm³/mol. The van der Waals surface area contributed by atoms with Gasteiger partial charge in [-0.3, -0.25) is 4.79 Å². The molecule has 1 heterocycles. The number of fused-ring (bicyclic) bond motifs is 1. The van der Waals surface area contributed by atoms with E-state index in [9.17, 15) is 9.90 Å². The van der Waals surface area contributed by atoms with Gasteiger partial charge in [-0.1, -0.05) is 25.3 Å². The fourth-order valence-corrected chi connectivity index (χ4v) is 2.04. The molecule has 0 amide bonds. The summed E-state index contributed by atoms with van der Waals surface area (Å²) in [6.45, 7) is 7.48. The number of phenols is 1. The summed E-state index contributed by atoms with van der Waals surface area (Å²) in [6, 6.07) is 5.12. The lowest BCUT2D eigenvalue weighted by atomic mass is 9.95. The van der Waals surface area contributed by atoms with Crippen molar-refractivity contribution in [3.63, 3.8) is 0 Å². The van der Waals surface area contributed by atoms with Crippen molar-refractivity contribution in [1.82, 2.24) is 9.97 Å². The van der Waals surface area contributed by atoms with Crippen molar-refractivity contribution in [3.8, 4) is 11.8 Å². The fraction of sp³-hybridized carbons (Fsp3) is 0.0625. The van der Waals surface area contributed by atoms with E-state index in [0.717, 1.165) is 0 Å². The zero-order valence-corrected chi connectivity index (χ0v) is 11.3. The third kappa shape index (κ3) is 2.74. The highest BCUT2D eigenvalue weighted by molar-refractivity contribution is 5.90. The summed E-state index contributed by atoms with van der Waals surface area (Å²) in [5, 5.41) is 19.1. The maximum Gasteiger partial charge on any atom is 0.258 e. The van der Waals surface area contributed by atoms with Crippen LogP contribution in [0.5, 0.6) is 5.75 Å². The maximum absolute atomic E-state index is 11.8. The van der Waals surface area contributed by atoms with E-state index in [0.29, 0.717) is 16.7 Å². The normalized spacial score (nSPS) is 11.1. The summed E-state index contributed by atoms with van der Waals surface area (Å²) in [5.74, 6) is -0.103. The molecule has 2 rings (SSSR count). The molecule has 5 heteroatoms. The Balaban J connectivity index is 2.71. The van der Waals surface area contributed by atoms with Crippen LogP contribution < -0.4 is 5.56 Å². The lowest BCUT2D eigenvalue weighted by Crippen LogP contribution is -2.06. The zero-order chi connectivity index (χ0) is 15.4. The number of hydrogen-bond acceptors (Lipinski definition) is 4. The Kier molecular flexibility index (Phi) is 4.00. The molecule has 0 spiro atoms. The van der Waals surface area contributed by atoms with E-state index in [2.05, 4.69) is 23.1 Å². The number of nitrogens with one attached hydrogen (secondary N) is 1. The molecule has 0 aliphatic rings. The quantitative estimate of drug-likeness (QED) is 0.842. The van der Waals surface area contributed by atoms with E-state index < -0.39 is 0 Å². The van der Waals surface area contributed by atoms with Crippen molar-refractivity contribution in [1.29, 1.82) is 5.26 Å². The van der Waals surface area contributed by atoms with Gasteiger partial charge < -0.3 is 10.1 Å². The van der Waals surface area contributed by atoms with Crippen molar-refractivity contribution in [2.24, 2.45) is 0 Å². The van der Waals surface area contributed by atoms with Crippen molar-refractivity contribution < 1.29 is 5.11 Å². The molecule has 2 aromatic rings. The largest absolute Gasteiger partial charge is 0.506 e. The van der Waals surface area contributed by atoms with Gasteiger partial charge in [-0.05, 0) is 28.8 Å². The molecule has 21 heavy (non-hydrogen) atoms. The van der Waals surface area contributed by atoms with Gasteiger partial charge in [0.25, 0.3) is 5.56 Å². The molecule has 1 aromatic heterocycles. The van der Waals surface area contributed by atoms with E-state index in [-0.39, 0.29) is 28.6 Å². The highest BCUT2D eigenvalue weighted by atomic mass is 16.3. The number of hydrogen-bond donors (Lipinski definition) is 2. The van der Waals surface area contributed by atoms with E-state index in [4.69, 9.17) is 5.26 Å². The molecule has 104 valence electrons. The van der Waals surface area contributed by atoms with Gasteiger partial charge in [0.05, 0.1) is 24.2 Å². The number of H-pyrrole nitrogens is 1. The summed E-state index contributed by atoms with van der Waals surface area (Å²) in [7, 11) is 0. The van der Waals surface area contributed by atoms with Crippen molar-refractivity contribution >= 4 is 16.5 Å². The minimum absolute atomic E-state index is 0.103. The standard InChI is InChI=1S/C16H13N3O2/c1-3-4-12(10(2)5-6-17)11-7-13-15(14(20)8-11)18-9-19-16(13)21/h3-4,7-9,20H,1-2,5H2,(H,18,19,21)/b12-4+. The van der Waals surface area contributed by atoms with E-state index in [1.165, 1.54) is 12.4 Å². The van der Waals surface area contributed by atoms with Gasteiger partial charge in [0.15, 0.2) is 0 Å². The summed E-state index contributed by atoms with van der Waals surface area (Å²) in [4.78, 5) is 18.2. The molecular weight excluding hydrogens is 266 g/mol. The summed E-state index contributed by atoms with van der Waals surface area (Å²) in [6.07, 6.45) is 4.62. The second kappa shape index (κ2) is 5.88. The van der Waals surface area contributed by atoms with Crippen LogP contribution in [0.4, 0.5) is 0 Å². The molecule has 0 bridgehead atoms. The average Bonchev–Trinajstić information content (AvgIpc) is 2.46. The summed E-state index contributed by atoms with van der Waals surface area (Å²) in [5.41, 5.74) is 1.69. The SMILES string of the molecule is C=C/C=C(\C(=C)CC#N)c1cc(O)c2nc[nH]c(=O)c2c1. The van der Waals surface area contributed by atoms with Gasteiger partial charge in [0, 0.05) is 0 Å². The molecule has 0 unspecified atom stereocenters. The molecule has 0 aliphatic carbocycles. The second-order valence-corrected chi connectivity index (χ2v) is 4.38. The van der Waals surface area contributed by atoms with Crippen LogP contribution in [0.2, 0.25) is 0 Å². The van der Waals surface area contributed by atoms with Gasteiger partial charge in [-0.15, -0.1) is 0 Å². The Labute approximate surface area is 121 Å². The van der Waals surface area contributed by atoms with Crippen LogP contribution in [0.3, 0.4) is 0 Å². The van der Waals surface area contributed by atoms with E-state index >= 15 is 0 Å². The predicted octanol–water partition coefficient (Wildman–Crippen LogP) is 2.67. The van der Waals surface area contributed by atoms with Gasteiger partial charge in [0.2, 0.25) is 0 Å². The van der Waals surface area contributed by atoms with Gasteiger partial charge in [-0.2, -0.15) is 5.26 Å². The van der Waals surface area contributed by atoms with Gasteiger partial charge >= 0.3 is 0 Å². The third-order valence-corrected chi connectivity index (χ3v) is 2.99. The topological polar surface area (TPSA) is 89.8 Å². The Morgan fingerprint density at radius 2 is 2.29 bits per heavy atom. The number of rotatable bonds is 4. The smallest absolute Gasteiger partial charge is 0.258 e. The highest BCUT2D eigenvalue weighted by Gasteiger charge is 2.12. The number of benzene rings is 1. The zero-order valence-electron chi connectivity index (χ0n) is 11.3. The van der Waals surface area contributed by atoms with Crippen LogP contribution in [0.15, 0.2) is 54.1 Å². The second-order valence-electron chi connectivity index (χ2n) is 4.38. The van der Waals surface area contributed by atoms with E-state index in [1.807, 2.05) is 6.07 Å². The Morgan fingerprint density at radius 1 is 1.52 bits per heavy atom. The first-order valence-corrected chi connectivity index (χ1v) is 6.17. The molecule has 0 atom stereocenters. The van der Waals surface area contributed by atoms with Crippen LogP contribution in [0.25, 0.3) is 16.5 Å². The summed E-state index contributed by atoms with van der Waals surface area (Å²) < 4.78 is 0. The number of allylic oxidation sites excluding steroid dienone is 4. The van der Waals surface area contributed by atoms with Crippen LogP contribution >= 0.6 is 0 Å². The first-order chi connectivity index (χ1) is 10.1. The molecule has 0 aliphatic heterocycles. The number of aromatic nitrogens is 2. The molecule has 2 N–H and O–H groups in total. The molecule has 0 radical (unpaired) electrons. The molecule has 0 fully saturated rings. The summed E-state index contributed by atoms with van der Waals surface area (Å²) >= 11 is 0. The van der Waals surface area contributed by atoms with Crippen molar-refractivity contribution in [2.75, 3.05) is 0 Å². The maximum atomic E-state index is 11.8. The van der Waals surface area contributed by atoms with Crippen LogP contribution in [-0.4, -0.2) is 15.1 Å². The number of nitrogens with zero attached hydrogens (tertiary/aromatic N) is 2. The van der Waals surface area contributed by atoms with Gasteiger partial charge in [-0.25, -0.2) is 4.98 Å². The first kappa shape index (κ1) is 14.3. The first-order valence-electron chi connectivity index (χ1n) is 6.17.